The number of fused-ring (bicyclic) bond motifs is 6. The number of rotatable bonds is 7. The number of primary amides is 1. The van der Waals surface area contributed by atoms with Gasteiger partial charge in [-0.1, -0.05) is 12.1 Å². The molecule has 4 aliphatic rings. The van der Waals surface area contributed by atoms with Gasteiger partial charge in [-0.2, -0.15) is 4.79 Å². The van der Waals surface area contributed by atoms with E-state index in [1.54, 1.807) is 26.4 Å². The standard InChI is InChI=1S/C32H31N5O5/c1-40-16-21-9-11-36(21)19-4-7-24-27(14-19)42-28-15-20(37-12-10-22(37)17-41-2)5-8-25(28)32(24)26-13-18(31(33)39)3-6-23(26)29(38)30(32)35-34/h3-8,13-15,21-22H,9-12,16-17H2,1-2H3,(H2,33,39)/t21-,22-/m1/s1. The number of carbonyl (C=O) groups is 2. The summed E-state index contributed by atoms with van der Waals surface area (Å²) in [5, 5.41) is 0. The largest absolute Gasteiger partial charge is 0.457 e. The highest BCUT2D eigenvalue weighted by atomic mass is 16.5. The number of ether oxygens (including phenoxy) is 3. The fourth-order valence-corrected chi connectivity index (χ4v) is 7.02. The summed E-state index contributed by atoms with van der Waals surface area (Å²) >= 11 is 0. The van der Waals surface area contributed by atoms with E-state index in [0.29, 0.717) is 47.0 Å². The van der Waals surface area contributed by atoms with Crippen molar-refractivity contribution < 1.29 is 28.6 Å². The molecule has 3 aromatic carbocycles. The number of hydrogen-bond donors (Lipinski definition) is 1. The molecular weight excluding hydrogens is 534 g/mol. The van der Waals surface area contributed by atoms with Crippen LogP contribution in [0.2, 0.25) is 0 Å². The molecule has 3 heterocycles. The number of methoxy groups -OCH3 is 2. The predicted octanol–water partition coefficient (Wildman–Crippen LogP) is 3.54. The molecule has 0 radical (unpaired) electrons. The lowest BCUT2D eigenvalue weighted by Crippen LogP contribution is -2.50. The number of nitrogens with zero attached hydrogens (tertiary/aromatic N) is 4. The maximum atomic E-state index is 13.8. The van der Waals surface area contributed by atoms with Gasteiger partial charge >= 0.3 is 5.71 Å². The summed E-state index contributed by atoms with van der Waals surface area (Å²) in [6.07, 6.45) is 2.05. The van der Waals surface area contributed by atoms with E-state index < -0.39 is 17.1 Å². The molecule has 0 unspecified atom stereocenters. The Morgan fingerprint density at radius 3 is 1.95 bits per heavy atom. The number of Topliss-reactive ketones (excluding diaryl/α,β-unsaturated/α-hetero) is 1. The Labute approximate surface area is 243 Å². The molecule has 1 spiro atoms. The summed E-state index contributed by atoms with van der Waals surface area (Å²) in [6.45, 7) is 3.01. The molecule has 0 bridgehead atoms. The fourth-order valence-electron chi connectivity index (χ4n) is 7.02. The minimum Gasteiger partial charge on any atom is -0.457 e. The fraction of sp³-hybridized carbons (Fsp3) is 0.344. The van der Waals surface area contributed by atoms with Gasteiger partial charge in [-0.05, 0) is 48.7 Å². The zero-order valence-corrected chi connectivity index (χ0v) is 23.5. The van der Waals surface area contributed by atoms with Gasteiger partial charge in [-0.25, -0.2) is 0 Å². The summed E-state index contributed by atoms with van der Waals surface area (Å²) < 4.78 is 17.5. The number of anilines is 2. The van der Waals surface area contributed by atoms with Gasteiger partial charge in [0, 0.05) is 73.1 Å². The molecule has 0 saturated carbocycles. The van der Waals surface area contributed by atoms with E-state index in [-0.39, 0.29) is 23.4 Å². The zero-order chi connectivity index (χ0) is 29.2. The normalized spacial score (nSPS) is 21.1. The third kappa shape index (κ3) is 3.59. The third-order valence-electron chi connectivity index (χ3n) is 9.25. The average Bonchev–Trinajstić information content (AvgIpc) is 3.20. The van der Waals surface area contributed by atoms with Gasteiger partial charge in [-0.3, -0.25) is 9.59 Å². The molecule has 10 heteroatoms. The van der Waals surface area contributed by atoms with Crippen LogP contribution in [0.15, 0.2) is 54.6 Å². The maximum absolute atomic E-state index is 13.8. The Balaban J connectivity index is 1.46. The minimum atomic E-state index is -1.31. The molecule has 1 amide bonds. The number of nitrogens with two attached hydrogens (primary N) is 1. The van der Waals surface area contributed by atoms with E-state index in [1.165, 1.54) is 6.07 Å². The Kier molecular flexibility index (Phi) is 6.16. The van der Waals surface area contributed by atoms with Crippen LogP contribution in [-0.2, 0) is 14.9 Å². The van der Waals surface area contributed by atoms with Crippen molar-refractivity contribution in [2.45, 2.75) is 30.3 Å². The van der Waals surface area contributed by atoms with Crippen LogP contribution >= 0.6 is 0 Å². The summed E-state index contributed by atoms with van der Waals surface area (Å²) in [5.41, 5.74) is 19.1. The lowest BCUT2D eigenvalue weighted by molar-refractivity contribution is -0.0118. The summed E-state index contributed by atoms with van der Waals surface area (Å²) in [7, 11) is 3.40. The average molecular weight is 566 g/mol. The Morgan fingerprint density at radius 2 is 1.50 bits per heavy atom. The number of benzene rings is 3. The first-order valence-electron chi connectivity index (χ1n) is 14.1. The van der Waals surface area contributed by atoms with Crippen LogP contribution in [0.25, 0.3) is 5.53 Å². The Bertz CT molecular complexity index is 1620. The number of carbonyl (C=O) groups excluding carboxylic acids is 2. The van der Waals surface area contributed by atoms with E-state index in [2.05, 4.69) is 14.6 Å². The van der Waals surface area contributed by atoms with Crippen molar-refractivity contribution in [3.05, 3.63) is 87.9 Å². The van der Waals surface area contributed by atoms with Gasteiger partial charge in [0.1, 0.15) is 11.5 Å². The molecule has 3 aromatic rings. The second-order valence-corrected chi connectivity index (χ2v) is 11.3. The molecule has 2 saturated heterocycles. The summed E-state index contributed by atoms with van der Waals surface area (Å²) in [6, 6.07) is 17.1. The third-order valence-corrected chi connectivity index (χ3v) is 9.25. The van der Waals surface area contributed by atoms with Crippen molar-refractivity contribution in [1.29, 1.82) is 0 Å². The van der Waals surface area contributed by atoms with Gasteiger partial charge in [0.2, 0.25) is 5.91 Å². The lowest BCUT2D eigenvalue weighted by atomic mass is 9.67. The van der Waals surface area contributed by atoms with Crippen LogP contribution in [-0.4, -0.2) is 74.8 Å². The van der Waals surface area contributed by atoms with Crippen LogP contribution in [0.3, 0.4) is 0 Å². The Morgan fingerprint density at radius 1 is 0.929 bits per heavy atom. The van der Waals surface area contributed by atoms with Crippen LogP contribution < -0.4 is 20.3 Å². The molecule has 3 aliphatic heterocycles. The van der Waals surface area contributed by atoms with E-state index in [4.69, 9.17) is 19.9 Å². The van der Waals surface area contributed by atoms with Crippen LogP contribution in [0.1, 0.15) is 50.2 Å². The first-order chi connectivity index (χ1) is 20.4. The lowest BCUT2D eigenvalue weighted by Gasteiger charge is -2.44. The molecule has 2 fully saturated rings. The topological polar surface area (TPSA) is 131 Å². The minimum absolute atomic E-state index is 0.0483. The van der Waals surface area contributed by atoms with Gasteiger partial charge in [-0.15, -0.1) is 0 Å². The SMILES string of the molecule is COC[C@H]1CCN1c1ccc2c(c1)Oc1cc(N3CC[C@@H]3COC)ccc1C21C(=[N+]=[N-])C(=O)c2ccc(C(N)=O)cc21. The molecule has 42 heavy (non-hydrogen) atoms. The second-order valence-electron chi connectivity index (χ2n) is 11.3. The zero-order valence-electron chi connectivity index (χ0n) is 23.5. The van der Waals surface area contributed by atoms with Crippen LogP contribution in [0.4, 0.5) is 11.4 Å². The first kappa shape index (κ1) is 26.4. The predicted molar refractivity (Wildman–Crippen MR) is 156 cm³/mol. The van der Waals surface area contributed by atoms with Gasteiger partial charge in [0.15, 0.2) is 5.41 Å². The van der Waals surface area contributed by atoms with Crippen molar-refractivity contribution in [3.63, 3.8) is 0 Å². The highest BCUT2D eigenvalue weighted by molar-refractivity contribution is 6.52. The van der Waals surface area contributed by atoms with E-state index >= 15 is 0 Å². The number of amides is 1. The number of hydrogen-bond acceptors (Lipinski definition) is 7. The molecule has 7 rings (SSSR count). The van der Waals surface area contributed by atoms with Crippen LogP contribution in [0.5, 0.6) is 11.5 Å². The molecular formula is C32H31N5O5. The smallest absolute Gasteiger partial charge is 0.358 e. The second kappa shape index (κ2) is 9.80. The molecule has 2 N–H and O–H groups in total. The van der Waals surface area contributed by atoms with Crippen molar-refractivity contribution in [2.75, 3.05) is 50.3 Å². The van der Waals surface area contributed by atoms with Gasteiger partial charge in [0.05, 0.1) is 25.3 Å². The molecule has 0 aromatic heterocycles. The van der Waals surface area contributed by atoms with Crippen molar-refractivity contribution >= 4 is 28.8 Å². The molecule has 214 valence electrons. The van der Waals surface area contributed by atoms with Gasteiger partial charge in [0.25, 0.3) is 5.78 Å². The Hall–Kier alpha value is -4.50. The van der Waals surface area contributed by atoms with Crippen molar-refractivity contribution in [1.82, 2.24) is 0 Å². The monoisotopic (exact) mass is 565 g/mol. The highest BCUT2D eigenvalue weighted by Gasteiger charge is 2.62. The summed E-state index contributed by atoms with van der Waals surface area (Å²) in [4.78, 5) is 34.2. The first-order valence-corrected chi connectivity index (χ1v) is 14.1. The summed E-state index contributed by atoms with van der Waals surface area (Å²) in [5.74, 6) is 0.0605. The quantitative estimate of drug-likeness (QED) is 0.342. The van der Waals surface area contributed by atoms with E-state index in [0.717, 1.165) is 37.3 Å². The molecule has 1 aliphatic carbocycles. The van der Waals surface area contributed by atoms with Crippen molar-refractivity contribution in [3.8, 4) is 11.5 Å². The highest BCUT2D eigenvalue weighted by Crippen LogP contribution is 2.57. The van der Waals surface area contributed by atoms with Gasteiger partial charge < -0.3 is 35.3 Å². The number of ketones is 1. The van der Waals surface area contributed by atoms with Crippen LogP contribution in [0, 0.1) is 0 Å². The van der Waals surface area contributed by atoms with E-state index in [9.17, 15) is 15.1 Å². The van der Waals surface area contributed by atoms with Crippen molar-refractivity contribution in [2.24, 2.45) is 5.73 Å². The van der Waals surface area contributed by atoms with E-state index in [1.807, 2.05) is 36.4 Å². The molecule has 10 nitrogen and oxygen atoms in total. The molecule has 2 atom stereocenters. The maximum Gasteiger partial charge on any atom is 0.358 e.